The van der Waals surface area contributed by atoms with Crippen LogP contribution in [0.25, 0.3) is 0 Å². The molecular weight excluding hydrogens is 262 g/mol. The van der Waals surface area contributed by atoms with Crippen LogP contribution in [0, 0.1) is 6.92 Å². The van der Waals surface area contributed by atoms with Crippen molar-refractivity contribution in [3.63, 3.8) is 0 Å². The highest BCUT2D eigenvalue weighted by Gasteiger charge is 2.02. The molecule has 2 aromatic carbocycles. The Hall–Kier alpha value is -2.29. The second-order valence-electron chi connectivity index (χ2n) is 5.12. The third-order valence-electron chi connectivity index (χ3n) is 3.17. The topological polar surface area (TPSA) is 38.3 Å². The van der Waals surface area contributed by atoms with Gasteiger partial charge in [0.1, 0.15) is 0 Å². The van der Waals surface area contributed by atoms with E-state index >= 15 is 0 Å². The summed E-state index contributed by atoms with van der Waals surface area (Å²) in [6, 6.07) is 16.4. The maximum Gasteiger partial charge on any atom is 0.411 e. The van der Waals surface area contributed by atoms with E-state index in [0.29, 0.717) is 6.61 Å². The first-order valence-electron chi connectivity index (χ1n) is 7.25. The molecule has 0 aliphatic heterocycles. The maximum absolute atomic E-state index is 11.4. The molecule has 1 N–H and O–H groups in total. The summed E-state index contributed by atoms with van der Waals surface area (Å²) in [4.78, 5) is 11.4. The van der Waals surface area contributed by atoms with Crippen molar-refractivity contribution < 1.29 is 9.53 Å². The quantitative estimate of drug-likeness (QED) is 0.874. The van der Waals surface area contributed by atoms with Crippen LogP contribution in [0.15, 0.2) is 48.5 Å². The van der Waals surface area contributed by atoms with Crippen LogP contribution in [0.4, 0.5) is 10.5 Å². The van der Waals surface area contributed by atoms with Gasteiger partial charge in [0.25, 0.3) is 0 Å². The van der Waals surface area contributed by atoms with Crippen molar-refractivity contribution in [2.75, 3.05) is 11.9 Å². The average Bonchev–Trinajstić information content (AvgIpc) is 2.49. The number of hydrogen-bond donors (Lipinski definition) is 1. The number of aryl methyl sites for hydroxylation is 1. The number of amides is 1. The van der Waals surface area contributed by atoms with E-state index in [1.54, 1.807) is 0 Å². The summed E-state index contributed by atoms with van der Waals surface area (Å²) < 4.78 is 4.98. The fourth-order valence-corrected chi connectivity index (χ4v) is 2.00. The van der Waals surface area contributed by atoms with Gasteiger partial charge >= 0.3 is 6.09 Å². The van der Waals surface area contributed by atoms with E-state index in [1.165, 1.54) is 16.7 Å². The summed E-state index contributed by atoms with van der Waals surface area (Å²) >= 11 is 0. The van der Waals surface area contributed by atoms with Gasteiger partial charge in [-0.2, -0.15) is 0 Å². The lowest BCUT2D eigenvalue weighted by molar-refractivity contribution is 0.161. The monoisotopic (exact) mass is 283 g/mol. The summed E-state index contributed by atoms with van der Waals surface area (Å²) in [6.07, 6.45) is 1.31. The molecule has 2 aromatic rings. The van der Waals surface area contributed by atoms with Crippen molar-refractivity contribution in [3.8, 4) is 0 Å². The van der Waals surface area contributed by atoms with Gasteiger partial charge < -0.3 is 4.74 Å². The van der Waals surface area contributed by atoms with Gasteiger partial charge in [0.15, 0.2) is 0 Å². The molecule has 0 atom stereocenters. The van der Waals surface area contributed by atoms with E-state index in [0.717, 1.165) is 18.5 Å². The van der Waals surface area contributed by atoms with Gasteiger partial charge in [-0.1, -0.05) is 48.9 Å². The third-order valence-corrected chi connectivity index (χ3v) is 3.17. The van der Waals surface area contributed by atoms with E-state index in [1.807, 2.05) is 31.2 Å². The predicted molar refractivity (Wildman–Crippen MR) is 85.7 cm³/mol. The Labute approximate surface area is 126 Å². The zero-order chi connectivity index (χ0) is 15.1. The zero-order valence-corrected chi connectivity index (χ0v) is 12.6. The van der Waals surface area contributed by atoms with Crippen LogP contribution < -0.4 is 5.32 Å². The SMILES string of the molecule is CCCOC(=O)Nc1ccc(Cc2ccc(C)cc2)cc1. The minimum atomic E-state index is -0.400. The van der Waals surface area contributed by atoms with Crippen molar-refractivity contribution in [1.82, 2.24) is 0 Å². The lowest BCUT2D eigenvalue weighted by Crippen LogP contribution is -2.13. The Kier molecular flexibility index (Phi) is 5.38. The van der Waals surface area contributed by atoms with Gasteiger partial charge in [-0.15, -0.1) is 0 Å². The predicted octanol–water partition coefficient (Wildman–Crippen LogP) is 4.54. The third kappa shape index (κ3) is 4.95. The molecule has 0 radical (unpaired) electrons. The van der Waals surface area contributed by atoms with Gasteiger partial charge in [0, 0.05) is 5.69 Å². The van der Waals surface area contributed by atoms with E-state index < -0.39 is 6.09 Å². The number of benzene rings is 2. The fourth-order valence-electron chi connectivity index (χ4n) is 2.00. The van der Waals surface area contributed by atoms with E-state index in [4.69, 9.17) is 4.74 Å². The Morgan fingerprint density at radius 3 is 2.14 bits per heavy atom. The zero-order valence-electron chi connectivity index (χ0n) is 12.6. The van der Waals surface area contributed by atoms with E-state index in [-0.39, 0.29) is 0 Å². The number of ether oxygens (including phenoxy) is 1. The molecule has 0 saturated heterocycles. The number of rotatable bonds is 5. The number of carbonyl (C=O) groups is 1. The van der Waals surface area contributed by atoms with Crippen molar-refractivity contribution >= 4 is 11.8 Å². The van der Waals surface area contributed by atoms with Crippen LogP contribution in [-0.2, 0) is 11.2 Å². The number of nitrogens with one attached hydrogen (secondary N) is 1. The standard InChI is InChI=1S/C18H21NO2/c1-3-12-21-18(20)19-17-10-8-16(9-11-17)13-15-6-4-14(2)5-7-15/h4-11H,3,12-13H2,1-2H3,(H,19,20). The Morgan fingerprint density at radius 1 is 1.00 bits per heavy atom. The van der Waals surface area contributed by atoms with Crippen LogP contribution in [0.2, 0.25) is 0 Å². The van der Waals surface area contributed by atoms with Gasteiger partial charge in [-0.05, 0) is 43.0 Å². The molecule has 3 nitrogen and oxygen atoms in total. The highest BCUT2D eigenvalue weighted by molar-refractivity contribution is 5.84. The largest absolute Gasteiger partial charge is 0.449 e. The molecule has 2 rings (SSSR count). The van der Waals surface area contributed by atoms with Crippen molar-refractivity contribution in [2.45, 2.75) is 26.7 Å². The summed E-state index contributed by atoms with van der Waals surface area (Å²) in [5, 5.41) is 2.71. The lowest BCUT2D eigenvalue weighted by Gasteiger charge is -2.07. The molecule has 3 heteroatoms. The molecule has 21 heavy (non-hydrogen) atoms. The summed E-state index contributed by atoms with van der Waals surface area (Å²) in [5.74, 6) is 0. The first kappa shape index (κ1) is 15.1. The van der Waals surface area contributed by atoms with Crippen LogP contribution in [-0.4, -0.2) is 12.7 Å². The molecule has 0 bridgehead atoms. The molecule has 0 fully saturated rings. The second-order valence-corrected chi connectivity index (χ2v) is 5.12. The smallest absolute Gasteiger partial charge is 0.411 e. The molecule has 0 aromatic heterocycles. The minimum absolute atomic E-state index is 0.400. The summed E-state index contributed by atoms with van der Waals surface area (Å²) in [6.45, 7) is 4.49. The minimum Gasteiger partial charge on any atom is -0.449 e. The number of carbonyl (C=O) groups excluding carboxylic acids is 1. The first-order chi connectivity index (χ1) is 10.2. The first-order valence-corrected chi connectivity index (χ1v) is 7.25. The molecule has 0 heterocycles. The molecule has 0 spiro atoms. The van der Waals surface area contributed by atoms with Crippen LogP contribution in [0.5, 0.6) is 0 Å². The van der Waals surface area contributed by atoms with Crippen LogP contribution in [0.1, 0.15) is 30.0 Å². The molecule has 1 amide bonds. The van der Waals surface area contributed by atoms with Gasteiger partial charge in [0.2, 0.25) is 0 Å². The second kappa shape index (κ2) is 7.48. The Morgan fingerprint density at radius 2 is 1.57 bits per heavy atom. The van der Waals surface area contributed by atoms with Crippen LogP contribution in [0.3, 0.4) is 0 Å². The number of anilines is 1. The average molecular weight is 283 g/mol. The normalized spacial score (nSPS) is 10.2. The van der Waals surface area contributed by atoms with Crippen molar-refractivity contribution in [1.29, 1.82) is 0 Å². The van der Waals surface area contributed by atoms with Gasteiger partial charge in [-0.3, -0.25) is 5.32 Å². The highest BCUT2D eigenvalue weighted by atomic mass is 16.5. The lowest BCUT2D eigenvalue weighted by atomic mass is 10.0. The Balaban J connectivity index is 1.92. The molecular formula is C18H21NO2. The molecule has 0 aliphatic rings. The van der Waals surface area contributed by atoms with Crippen molar-refractivity contribution in [3.05, 3.63) is 65.2 Å². The van der Waals surface area contributed by atoms with E-state index in [2.05, 4.69) is 36.5 Å². The summed E-state index contributed by atoms with van der Waals surface area (Å²) in [5.41, 5.74) is 4.52. The molecule has 0 saturated carbocycles. The number of hydrogen-bond acceptors (Lipinski definition) is 2. The van der Waals surface area contributed by atoms with Gasteiger partial charge in [-0.25, -0.2) is 4.79 Å². The van der Waals surface area contributed by atoms with Crippen molar-refractivity contribution in [2.24, 2.45) is 0 Å². The molecule has 110 valence electrons. The van der Waals surface area contributed by atoms with Crippen LogP contribution >= 0.6 is 0 Å². The molecule has 0 aliphatic carbocycles. The maximum atomic E-state index is 11.4. The highest BCUT2D eigenvalue weighted by Crippen LogP contribution is 2.14. The Bertz CT molecular complexity index is 573. The van der Waals surface area contributed by atoms with E-state index in [9.17, 15) is 4.79 Å². The summed E-state index contributed by atoms with van der Waals surface area (Å²) in [7, 11) is 0. The fraction of sp³-hybridized carbons (Fsp3) is 0.278. The van der Waals surface area contributed by atoms with Gasteiger partial charge in [0.05, 0.1) is 6.61 Å². The molecule has 0 unspecified atom stereocenters.